The third kappa shape index (κ3) is 5.89. The van der Waals surface area contributed by atoms with E-state index in [9.17, 15) is 24.6 Å². The summed E-state index contributed by atoms with van der Waals surface area (Å²) < 4.78 is 15.5. The molecule has 230 valence electrons. The fourth-order valence-electron chi connectivity index (χ4n) is 5.96. The highest BCUT2D eigenvalue weighted by Crippen LogP contribution is 2.31. The lowest BCUT2D eigenvalue weighted by molar-refractivity contribution is -0.677. The molecule has 0 saturated carbocycles. The van der Waals surface area contributed by atoms with E-state index in [1.807, 2.05) is 16.1 Å². The molecule has 1 aromatic heterocycles. The molecule has 11 heteroatoms. The maximum atomic E-state index is 13.8. The zero-order chi connectivity index (χ0) is 30.7. The predicted molar refractivity (Wildman–Crippen MR) is 158 cm³/mol. The van der Waals surface area contributed by atoms with Gasteiger partial charge < -0.3 is 24.6 Å². The molecule has 0 spiro atoms. The van der Waals surface area contributed by atoms with E-state index in [1.54, 1.807) is 48.3 Å². The second kappa shape index (κ2) is 13.2. The summed E-state index contributed by atoms with van der Waals surface area (Å²) in [5.74, 6) is -0.0116. The highest BCUT2D eigenvalue weighted by Gasteiger charge is 2.39. The standard InChI is InChI=1S/C32H41N4O7/c1-4-6-7-10-13-33(3)30(39)23-16-24-25(17-27(23)43-28-20-42-19-26(28)38)35(14-15-37)29(34(24)5-2)18-36-31(40)21-11-8-9-12-22(21)32(36)41/h8-9,11-12,16-17,26,28,37-38H,4-7,10,13-15,18-20H2,1-3H3/q+1/t26-,28-/m0/s1. The molecule has 11 nitrogen and oxygen atoms in total. The quantitative estimate of drug-likeness (QED) is 0.177. The highest BCUT2D eigenvalue weighted by molar-refractivity contribution is 6.21. The number of fused-ring (bicyclic) bond motifs is 2. The fraction of sp³-hybridized carbons (Fsp3) is 0.500. The number of carbonyl (C=O) groups excluding carboxylic acids is 3. The summed E-state index contributed by atoms with van der Waals surface area (Å²) in [5.41, 5.74) is 2.46. The molecule has 2 aliphatic heterocycles. The Morgan fingerprint density at radius 3 is 2.42 bits per heavy atom. The van der Waals surface area contributed by atoms with Gasteiger partial charge in [-0.3, -0.25) is 19.3 Å². The van der Waals surface area contributed by atoms with Crippen molar-refractivity contribution in [2.24, 2.45) is 0 Å². The molecule has 2 aromatic carbocycles. The minimum atomic E-state index is -0.834. The van der Waals surface area contributed by atoms with E-state index in [-0.39, 0.29) is 50.6 Å². The molecule has 0 unspecified atom stereocenters. The number of ether oxygens (including phenoxy) is 2. The number of aromatic nitrogens is 2. The van der Waals surface area contributed by atoms with E-state index >= 15 is 0 Å². The molecule has 5 rings (SSSR count). The summed E-state index contributed by atoms with van der Waals surface area (Å²) >= 11 is 0. The number of hydrogen-bond donors (Lipinski definition) is 2. The van der Waals surface area contributed by atoms with E-state index in [2.05, 4.69) is 6.92 Å². The van der Waals surface area contributed by atoms with Crippen molar-refractivity contribution in [3.63, 3.8) is 0 Å². The van der Waals surface area contributed by atoms with Crippen molar-refractivity contribution in [3.05, 3.63) is 58.9 Å². The number of imide groups is 1. The highest BCUT2D eigenvalue weighted by atomic mass is 16.6. The normalized spacial score (nSPS) is 18.1. The predicted octanol–water partition coefficient (Wildman–Crippen LogP) is 2.53. The number of aliphatic hydroxyl groups excluding tert-OH is 2. The molecule has 3 heterocycles. The van der Waals surface area contributed by atoms with Crippen LogP contribution < -0.4 is 9.30 Å². The molecule has 0 bridgehead atoms. The van der Waals surface area contributed by atoms with Gasteiger partial charge in [-0.25, -0.2) is 9.13 Å². The van der Waals surface area contributed by atoms with Gasteiger partial charge in [0.15, 0.2) is 11.0 Å². The maximum absolute atomic E-state index is 13.8. The van der Waals surface area contributed by atoms with Crippen molar-refractivity contribution < 1.29 is 38.6 Å². The topological polar surface area (TPSA) is 125 Å². The van der Waals surface area contributed by atoms with E-state index < -0.39 is 12.2 Å². The number of unbranched alkanes of at least 4 members (excludes halogenated alkanes) is 3. The van der Waals surface area contributed by atoms with Crippen molar-refractivity contribution in [3.8, 4) is 5.75 Å². The number of rotatable bonds is 13. The van der Waals surface area contributed by atoms with Crippen molar-refractivity contribution >= 4 is 28.8 Å². The van der Waals surface area contributed by atoms with E-state index in [4.69, 9.17) is 9.47 Å². The van der Waals surface area contributed by atoms with Crippen molar-refractivity contribution in [1.29, 1.82) is 0 Å². The number of aliphatic hydroxyl groups is 2. The first-order valence-electron chi connectivity index (χ1n) is 15.1. The molecule has 1 fully saturated rings. The van der Waals surface area contributed by atoms with E-state index in [0.717, 1.165) is 25.7 Å². The minimum Gasteiger partial charge on any atom is -0.484 e. The Balaban J connectivity index is 1.59. The number of nitrogens with zero attached hydrogens (tertiary/aromatic N) is 4. The van der Waals surface area contributed by atoms with Gasteiger partial charge in [0.2, 0.25) is 0 Å². The molecule has 1 saturated heterocycles. The third-order valence-corrected chi connectivity index (χ3v) is 8.30. The Morgan fingerprint density at radius 1 is 1.09 bits per heavy atom. The van der Waals surface area contributed by atoms with Crippen molar-refractivity contribution in [2.45, 2.75) is 71.4 Å². The number of hydrogen-bond acceptors (Lipinski definition) is 7. The summed E-state index contributed by atoms with van der Waals surface area (Å²) in [6.07, 6.45) is 2.64. The summed E-state index contributed by atoms with van der Waals surface area (Å²) in [7, 11) is 1.77. The Bertz CT molecular complexity index is 1480. The van der Waals surface area contributed by atoms with Gasteiger partial charge in [0, 0.05) is 25.7 Å². The number of carbonyl (C=O) groups is 3. The van der Waals surface area contributed by atoms with Gasteiger partial charge in [0.05, 0.1) is 43.1 Å². The van der Waals surface area contributed by atoms with Gasteiger partial charge in [-0.1, -0.05) is 38.3 Å². The molecule has 3 amide bonds. The minimum absolute atomic E-state index is 0.0130. The van der Waals surface area contributed by atoms with E-state index in [0.29, 0.717) is 52.4 Å². The van der Waals surface area contributed by atoms with Gasteiger partial charge in [-0.05, 0) is 25.5 Å². The lowest BCUT2D eigenvalue weighted by atomic mass is 10.1. The monoisotopic (exact) mass is 593 g/mol. The zero-order valence-corrected chi connectivity index (χ0v) is 25.1. The first-order chi connectivity index (χ1) is 20.8. The Kier molecular flexibility index (Phi) is 9.43. The van der Waals surface area contributed by atoms with Crippen molar-refractivity contribution in [2.75, 3.05) is 33.4 Å². The molecule has 3 aromatic rings. The molecular formula is C32H41N4O7+. The van der Waals surface area contributed by atoms with Crippen LogP contribution in [0.15, 0.2) is 36.4 Å². The third-order valence-electron chi connectivity index (χ3n) is 8.30. The first kappa shape index (κ1) is 30.7. The van der Waals surface area contributed by atoms with Crippen LogP contribution in [0.25, 0.3) is 11.0 Å². The first-order valence-corrected chi connectivity index (χ1v) is 15.1. The second-order valence-corrected chi connectivity index (χ2v) is 11.2. The maximum Gasteiger partial charge on any atom is 0.278 e. The molecule has 2 aliphatic rings. The van der Waals surface area contributed by atoms with Crippen molar-refractivity contribution in [1.82, 2.24) is 14.4 Å². The van der Waals surface area contributed by atoms with Crippen LogP contribution >= 0.6 is 0 Å². The smallest absolute Gasteiger partial charge is 0.278 e. The number of benzene rings is 2. The van der Waals surface area contributed by atoms with Crippen LogP contribution in [0.2, 0.25) is 0 Å². The van der Waals surface area contributed by atoms with Crippen LogP contribution in [-0.4, -0.2) is 87.9 Å². The van der Waals surface area contributed by atoms with E-state index in [1.165, 1.54) is 4.90 Å². The molecule has 2 N–H and O–H groups in total. The van der Waals surface area contributed by atoms with Gasteiger partial charge in [-0.15, -0.1) is 0 Å². The lowest BCUT2D eigenvalue weighted by Gasteiger charge is -2.21. The van der Waals surface area contributed by atoms with Gasteiger partial charge >= 0.3 is 0 Å². The summed E-state index contributed by atoms with van der Waals surface area (Å²) in [6.45, 7) is 5.51. The Labute approximate surface area is 251 Å². The molecule has 43 heavy (non-hydrogen) atoms. The number of amides is 3. The summed E-state index contributed by atoms with van der Waals surface area (Å²) in [6, 6.07) is 10.3. The Hall–Kier alpha value is -3.80. The average molecular weight is 594 g/mol. The van der Waals surface area contributed by atoms with Crippen LogP contribution in [-0.2, 0) is 24.4 Å². The van der Waals surface area contributed by atoms with Crippen LogP contribution in [0, 0.1) is 0 Å². The molecule has 0 radical (unpaired) electrons. The lowest BCUT2D eigenvalue weighted by Crippen LogP contribution is -2.42. The van der Waals surface area contributed by atoms with Gasteiger partial charge in [0.1, 0.15) is 31.0 Å². The van der Waals surface area contributed by atoms with Crippen LogP contribution in [0.1, 0.15) is 76.4 Å². The van der Waals surface area contributed by atoms with Crippen LogP contribution in [0.4, 0.5) is 0 Å². The second-order valence-electron chi connectivity index (χ2n) is 11.2. The van der Waals surface area contributed by atoms with Crippen LogP contribution in [0.5, 0.6) is 5.75 Å². The molecule has 2 atom stereocenters. The summed E-state index contributed by atoms with van der Waals surface area (Å²) in [4.78, 5) is 43.2. The number of aryl methyl sites for hydroxylation is 1. The largest absolute Gasteiger partial charge is 0.484 e. The molecule has 0 aliphatic carbocycles. The molecular weight excluding hydrogens is 552 g/mol. The fourth-order valence-corrected chi connectivity index (χ4v) is 5.96. The number of imidazole rings is 1. The zero-order valence-electron chi connectivity index (χ0n) is 25.1. The Morgan fingerprint density at radius 2 is 1.81 bits per heavy atom. The van der Waals surface area contributed by atoms with Gasteiger partial charge in [0.25, 0.3) is 23.5 Å². The van der Waals surface area contributed by atoms with Gasteiger partial charge in [-0.2, -0.15) is 0 Å². The summed E-state index contributed by atoms with van der Waals surface area (Å²) in [5, 5.41) is 20.5. The van der Waals surface area contributed by atoms with Crippen LogP contribution in [0.3, 0.4) is 0 Å². The SMILES string of the molecule is CCCCCCN(C)C(=O)c1cc2c(cc1O[C@H]1COC[C@@H]1O)n(CCO)c(CN1C(=O)c3ccccc3C1=O)[n+]2CC. The average Bonchev–Trinajstić information content (AvgIpc) is 3.62.